The zero-order valence-electron chi connectivity index (χ0n) is 16.2. The number of hydrogen-bond acceptors (Lipinski definition) is 3. The second-order valence-electron chi connectivity index (χ2n) is 7.26. The van der Waals surface area contributed by atoms with Gasteiger partial charge in [0.2, 0.25) is 0 Å². The van der Waals surface area contributed by atoms with E-state index in [1.807, 2.05) is 38.5 Å². The number of nitrogens with one attached hydrogen (secondary N) is 2. The molecule has 1 aromatic carbocycles. The maximum absolute atomic E-state index is 4.52. The van der Waals surface area contributed by atoms with E-state index in [2.05, 4.69) is 56.3 Å². The fraction of sp³-hybridized carbons (Fsp3) is 0.500. The zero-order chi connectivity index (χ0) is 18.5. The first-order valence-electron chi connectivity index (χ1n) is 9.26. The number of rotatable bonds is 7. The Kier molecular flexibility index (Phi) is 5.93. The van der Waals surface area contributed by atoms with Crippen molar-refractivity contribution in [2.45, 2.75) is 25.4 Å². The van der Waals surface area contributed by atoms with Crippen LogP contribution in [0.25, 0.3) is 11.3 Å². The molecule has 1 fully saturated rings. The van der Waals surface area contributed by atoms with Gasteiger partial charge in [-0.15, -0.1) is 0 Å². The molecule has 140 valence electrons. The molecule has 0 spiro atoms. The van der Waals surface area contributed by atoms with Crippen molar-refractivity contribution in [2.24, 2.45) is 10.9 Å². The number of benzene rings is 1. The summed E-state index contributed by atoms with van der Waals surface area (Å²) in [6.45, 7) is 1.60. The van der Waals surface area contributed by atoms with Crippen LogP contribution in [-0.4, -0.2) is 66.5 Å². The molecule has 1 atom stereocenters. The third kappa shape index (κ3) is 4.64. The number of aromatic nitrogens is 2. The Bertz CT molecular complexity index is 715. The summed E-state index contributed by atoms with van der Waals surface area (Å²) >= 11 is 0. The number of H-pyrrole nitrogens is 1. The lowest BCUT2D eigenvalue weighted by Gasteiger charge is -2.27. The van der Waals surface area contributed by atoms with Crippen LogP contribution in [0.2, 0.25) is 0 Å². The van der Waals surface area contributed by atoms with Gasteiger partial charge in [0.25, 0.3) is 0 Å². The van der Waals surface area contributed by atoms with Gasteiger partial charge in [-0.05, 0) is 38.4 Å². The molecule has 1 aromatic heterocycles. The molecular weight excluding hydrogens is 324 g/mol. The zero-order valence-corrected chi connectivity index (χ0v) is 16.2. The average molecular weight is 355 g/mol. The third-order valence-electron chi connectivity index (χ3n) is 4.97. The van der Waals surface area contributed by atoms with Crippen molar-refractivity contribution in [1.29, 1.82) is 0 Å². The summed E-state index contributed by atoms with van der Waals surface area (Å²) in [5.74, 6) is 2.65. The van der Waals surface area contributed by atoms with Crippen molar-refractivity contribution in [1.82, 2.24) is 25.1 Å². The van der Waals surface area contributed by atoms with Gasteiger partial charge in [0.15, 0.2) is 5.96 Å². The quantitative estimate of drug-likeness (QED) is 0.592. The standard InChI is InChI=1S/C20H30N6/c1-21-20(23-13-18(25(2)3)16-10-11-16)26(4)14-19-22-12-17(24-19)15-8-6-5-7-9-15/h5-9,12,16,18H,10-11,13-14H2,1-4H3,(H,21,23)(H,22,24). The van der Waals surface area contributed by atoms with Gasteiger partial charge in [0, 0.05) is 26.7 Å². The van der Waals surface area contributed by atoms with Crippen molar-refractivity contribution < 1.29 is 0 Å². The molecule has 6 heteroatoms. The molecule has 1 unspecified atom stereocenters. The summed E-state index contributed by atoms with van der Waals surface area (Å²) < 4.78 is 0. The summed E-state index contributed by atoms with van der Waals surface area (Å²) in [6, 6.07) is 10.8. The van der Waals surface area contributed by atoms with Crippen LogP contribution in [0.1, 0.15) is 18.7 Å². The van der Waals surface area contributed by atoms with Crippen LogP contribution in [0.15, 0.2) is 41.5 Å². The van der Waals surface area contributed by atoms with Crippen molar-refractivity contribution in [2.75, 3.05) is 34.7 Å². The smallest absolute Gasteiger partial charge is 0.193 e. The number of aliphatic imine (C=N–C) groups is 1. The largest absolute Gasteiger partial charge is 0.355 e. The summed E-state index contributed by atoms with van der Waals surface area (Å²) in [7, 11) is 8.19. The normalized spacial score (nSPS) is 16.0. The van der Waals surface area contributed by atoms with E-state index in [9.17, 15) is 0 Å². The molecule has 2 N–H and O–H groups in total. The van der Waals surface area contributed by atoms with Crippen LogP contribution in [-0.2, 0) is 6.54 Å². The van der Waals surface area contributed by atoms with E-state index in [4.69, 9.17) is 0 Å². The van der Waals surface area contributed by atoms with Gasteiger partial charge in [0.05, 0.1) is 18.4 Å². The minimum Gasteiger partial charge on any atom is -0.355 e. The van der Waals surface area contributed by atoms with Gasteiger partial charge in [-0.3, -0.25) is 4.99 Å². The fourth-order valence-electron chi connectivity index (χ4n) is 3.34. The van der Waals surface area contributed by atoms with Gasteiger partial charge in [-0.2, -0.15) is 0 Å². The number of likely N-dealkylation sites (N-methyl/N-ethyl adjacent to an activating group) is 1. The Labute approximate surface area is 156 Å². The maximum Gasteiger partial charge on any atom is 0.193 e. The highest BCUT2D eigenvalue weighted by Gasteiger charge is 2.32. The number of guanidine groups is 1. The predicted molar refractivity (Wildman–Crippen MR) is 107 cm³/mol. The first kappa shape index (κ1) is 18.5. The SMILES string of the molecule is CN=C(NCC(C1CC1)N(C)C)N(C)Cc1ncc(-c2ccccc2)[nH]1. The Morgan fingerprint density at radius 3 is 2.62 bits per heavy atom. The van der Waals surface area contributed by atoms with E-state index in [0.717, 1.165) is 35.5 Å². The highest BCUT2D eigenvalue weighted by molar-refractivity contribution is 5.79. The van der Waals surface area contributed by atoms with E-state index in [1.165, 1.54) is 12.8 Å². The number of hydrogen-bond donors (Lipinski definition) is 2. The van der Waals surface area contributed by atoms with Gasteiger partial charge >= 0.3 is 0 Å². The van der Waals surface area contributed by atoms with E-state index in [1.54, 1.807) is 0 Å². The maximum atomic E-state index is 4.52. The Morgan fingerprint density at radius 1 is 1.27 bits per heavy atom. The van der Waals surface area contributed by atoms with E-state index >= 15 is 0 Å². The minimum absolute atomic E-state index is 0.563. The summed E-state index contributed by atoms with van der Waals surface area (Å²) in [4.78, 5) is 16.8. The molecule has 6 nitrogen and oxygen atoms in total. The minimum atomic E-state index is 0.563. The second-order valence-corrected chi connectivity index (χ2v) is 7.26. The van der Waals surface area contributed by atoms with Crippen LogP contribution in [0.3, 0.4) is 0 Å². The van der Waals surface area contributed by atoms with E-state index < -0.39 is 0 Å². The molecule has 0 aliphatic heterocycles. The molecule has 0 radical (unpaired) electrons. The number of aromatic amines is 1. The van der Waals surface area contributed by atoms with Crippen molar-refractivity contribution >= 4 is 5.96 Å². The molecule has 3 rings (SSSR count). The Hall–Kier alpha value is -2.34. The van der Waals surface area contributed by atoms with Crippen molar-refractivity contribution in [3.63, 3.8) is 0 Å². The van der Waals surface area contributed by atoms with Gasteiger partial charge in [0.1, 0.15) is 5.82 Å². The molecule has 1 aliphatic rings. The van der Waals surface area contributed by atoms with Gasteiger partial charge < -0.3 is 20.1 Å². The number of nitrogens with zero attached hydrogens (tertiary/aromatic N) is 4. The molecule has 1 heterocycles. The fourth-order valence-corrected chi connectivity index (χ4v) is 3.34. The lowest BCUT2D eigenvalue weighted by atomic mass is 10.1. The highest BCUT2D eigenvalue weighted by Crippen LogP contribution is 2.34. The molecule has 1 saturated carbocycles. The van der Waals surface area contributed by atoms with Crippen LogP contribution >= 0.6 is 0 Å². The topological polar surface area (TPSA) is 59.6 Å². The summed E-state index contributed by atoms with van der Waals surface area (Å²) in [6.07, 6.45) is 4.57. The lowest BCUT2D eigenvalue weighted by Crippen LogP contribution is -2.46. The molecule has 0 bridgehead atoms. The highest BCUT2D eigenvalue weighted by atomic mass is 15.3. The van der Waals surface area contributed by atoms with Crippen molar-refractivity contribution in [3.05, 3.63) is 42.4 Å². The molecule has 0 saturated heterocycles. The molecule has 0 amide bonds. The van der Waals surface area contributed by atoms with Gasteiger partial charge in [-0.25, -0.2) is 4.98 Å². The van der Waals surface area contributed by atoms with Crippen LogP contribution in [0.5, 0.6) is 0 Å². The third-order valence-corrected chi connectivity index (χ3v) is 4.97. The lowest BCUT2D eigenvalue weighted by molar-refractivity contribution is 0.262. The van der Waals surface area contributed by atoms with E-state index in [0.29, 0.717) is 12.6 Å². The second kappa shape index (κ2) is 8.36. The molecule has 26 heavy (non-hydrogen) atoms. The number of imidazole rings is 1. The Morgan fingerprint density at radius 2 is 2.00 bits per heavy atom. The average Bonchev–Trinajstić information content (AvgIpc) is 3.37. The van der Waals surface area contributed by atoms with Gasteiger partial charge in [-0.1, -0.05) is 30.3 Å². The van der Waals surface area contributed by atoms with Crippen molar-refractivity contribution in [3.8, 4) is 11.3 Å². The molecular formula is C20H30N6. The first-order chi connectivity index (χ1) is 12.6. The van der Waals surface area contributed by atoms with Crippen LogP contribution in [0, 0.1) is 5.92 Å². The monoisotopic (exact) mass is 354 g/mol. The summed E-state index contributed by atoms with van der Waals surface area (Å²) in [5, 5.41) is 3.52. The Balaban J connectivity index is 1.57. The first-order valence-corrected chi connectivity index (χ1v) is 9.26. The predicted octanol–water partition coefficient (Wildman–Crippen LogP) is 2.42. The molecule has 2 aromatic rings. The van der Waals surface area contributed by atoms with E-state index in [-0.39, 0.29) is 0 Å². The van der Waals surface area contributed by atoms with Crippen LogP contribution < -0.4 is 5.32 Å². The molecule has 1 aliphatic carbocycles. The van der Waals surface area contributed by atoms with Crippen LogP contribution in [0.4, 0.5) is 0 Å². The summed E-state index contributed by atoms with van der Waals surface area (Å²) in [5.41, 5.74) is 2.19.